The van der Waals surface area contributed by atoms with E-state index < -0.39 is 12.0 Å². The molecule has 1 aliphatic heterocycles. The molecular formula is C18H20N4O3. The zero-order chi connectivity index (χ0) is 17.5. The van der Waals surface area contributed by atoms with Gasteiger partial charge in [-0.15, -0.1) is 5.10 Å². The van der Waals surface area contributed by atoms with E-state index in [1.807, 2.05) is 42.5 Å². The fraction of sp³-hybridized carbons (Fsp3) is 0.333. The lowest BCUT2D eigenvalue weighted by Crippen LogP contribution is -2.33. The second-order valence-corrected chi connectivity index (χ2v) is 5.81. The Morgan fingerprint density at radius 3 is 2.76 bits per heavy atom. The number of hydrogen-bond donors (Lipinski definition) is 1. The smallest absolute Gasteiger partial charge is 0.331 e. The largest absolute Gasteiger partial charge is 0.462 e. The van der Waals surface area contributed by atoms with E-state index >= 15 is 0 Å². The van der Waals surface area contributed by atoms with Crippen molar-refractivity contribution in [2.45, 2.75) is 31.3 Å². The molecule has 0 aliphatic carbocycles. The van der Waals surface area contributed by atoms with E-state index in [-0.39, 0.29) is 18.6 Å². The fourth-order valence-corrected chi connectivity index (χ4v) is 2.69. The standard InChI is InChI=1S/C18H20N4O3/c23-17-10-6-2-5-9-16(22-12-11-19-21-22)18(24)25-13-15(20-17)14-7-3-1-4-8-14/h1-5,7-8,11-12,15-16H,6,9-10,13H2,(H,20,23)/b5-2-/t15-,16+/m0/s1. The van der Waals surface area contributed by atoms with Crippen LogP contribution in [0.3, 0.4) is 0 Å². The molecule has 7 heteroatoms. The molecule has 3 rings (SSSR count). The number of esters is 1. The van der Waals surface area contributed by atoms with Gasteiger partial charge in [-0.3, -0.25) is 4.79 Å². The molecule has 1 aromatic carbocycles. The Kier molecular flexibility index (Phi) is 5.56. The Labute approximate surface area is 145 Å². The van der Waals surface area contributed by atoms with Crippen LogP contribution in [-0.4, -0.2) is 33.5 Å². The number of nitrogens with zero attached hydrogens (tertiary/aromatic N) is 3. The maximum Gasteiger partial charge on any atom is 0.331 e. The molecule has 7 nitrogen and oxygen atoms in total. The number of rotatable bonds is 2. The number of amides is 1. The highest BCUT2D eigenvalue weighted by molar-refractivity contribution is 5.77. The van der Waals surface area contributed by atoms with Crippen LogP contribution in [-0.2, 0) is 14.3 Å². The van der Waals surface area contributed by atoms with Gasteiger partial charge in [0, 0.05) is 12.6 Å². The maximum atomic E-state index is 12.5. The van der Waals surface area contributed by atoms with Gasteiger partial charge in [-0.05, 0) is 18.4 Å². The lowest BCUT2D eigenvalue weighted by atomic mass is 10.1. The Bertz CT molecular complexity index is 728. The molecule has 0 bridgehead atoms. The molecule has 0 unspecified atom stereocenters. The minimum absolute atomic E-state index is 0.0667. The van der Waals surface area contributed by atoms with Crippen LogP contribution >= 0.6 is 0 Å². The molecule has 25 heavy (non-hydrogen) atoms. The Balaban J connectivity index is 1.80. The van der Waals surface area contributed by atoms with Crippen LogP contribution in [0.25, 0.3) is 0 Å². The monoisotopic (exact) mass is 340 g/mol. The van der Waals surface area contributed by atoms with Crippen molar-refractivity contribution < 1.29 is 14.3 Å². The quantitative estimate of drug-likeness (QED) is 0.667. The first-order valence-corrected chi connectivity index (χ1v) is 8.26. The van der Waals surface area contributed by atoms with Gasteiger partial charge in [0.15, 0.2) is 6.04 Å². The van der Waals surface area contributed by atoms with Crippen molar-refractivity contribution >= 4 is 11.9 Å². The minimum Gasteiger partial charge on any atom is -0.462 e. The van der Waals surface area contributed by atoms with Crippen molar-refractivity contribution in [1.29, 1.82) is 0 Å². The number of nitrogens with one attached hydrogen (secondary N) is 1. The van der Waals surface area contributed by atoms with Crippen molar-refractivity contribution in [2.24, 2.45) is 0 Å². The number of hydrogen-bond acceptors (Lipinski definition) is 5. The normalized spacial score (nSPS) is 23.7. The SMILES string of the molecule is O=C1CC/C=C\C[C@@H](n2ccnn2)C(=O)OC[C@@H](c2ccccc2)N1. The summed E-state index contributed by atoms with van der Waals surface area (Å²) in [6, 6.07) is 8.54. The molecule has 130 valence electrons. The third-order valence-corrected chi connectivity index (χ3v) is 4.03. The van der Waals surface area contributed by atoms with Gasteiger partial charge in [0.25, 0.3) is 0 Å². The van der Waals surface area contributed by atoms with E-state index in [9.17, 15) is 9.59 Å². The lowest BCUT2D eigenvalue weighted by Gasteiger charge is -2.21. The molecule has 1 aromatic heterocycles. The molecule has 0 saturated carbocycles. The highest BCUT2D eigenvalue weighted by Crippen LogP contribution is 2.18. The van der Waals surface area contributed by atoms with Crippen molar-refractivity contribution in [3.05, 3.63) is 60.4 Å². The van der Waals surface area contributed by atoms with E-state index in [1.165, 1.54) is 10.9 Å². The summed E-state index contributed by atoms with van der Waals surface area (Å²) < 4.78 is 6.98. The van der Waals surface area contributed by atoms with Crippen LogP contribution in [0.2, 0.25) is 0 Å². The summed E-state index contributed by atoms with van der Waals surface area (Å²) >= 11 is 0. The highest BCUT2D eigenvalue weighted by atomic mass is 16.5. The van der Waals surface area contributed by atoms with Crippen LogP contribution in [0.5, 0.6) is 0 Å². The van der Waals surface area contributed by atoms with Gasteiger partial charge in [0.2, 0.25) is 5.91 Å². The van der Waals surface area contributed by atoms with Crippen molar-refractivity contribution in [1.82, 2.24) is 20.3 Å². The first kappa shape index (κ1) is 16.9. The molecule has 0 spiro atoms. The third-order valence-electron chi connectivity index (χ3n) is 4.03. The Hall–Kier alpha value is -2.96. The number of cyclic esters (lactones) is 1. The van der Waals surface area contributed by atoms with Gasteiger partial charge in [-0.25, -0.2) is 9.48 Å². The number of carbonyl (C=O) groups is 2. The second-order valence-electron chi connectivity index (χ2n) is 5.81. The van der Waals surface area contributed by atoms with Gasteiger partial charge in [-0.2, -0.15) is 0 Å². The van der Waals surface area contributed by atoms with Crippen LogP contribution in [0, 0.1) is 0 Å². The molecule has 1 N–H and O–H groups in total. The molecular weight excluding hydrogens is 320 g/mol. The number of carbonyl (C=O) groups excluding carboxylic acids is 2. The van der Waals surface area contributed by atoms with Gasteiger partial charge < -0.3 is 10.1 Å². The number of ether oxygens (including phenoxy) is 1. The van der Waals surface area contributed by atoms with Gasteiger partial charge in [0.05, 0.1) is 12.2 Å². The summed E-state index contributed by atoms with van der Waals surface area (Å²) in [6.07, 6.45) is 8.39. The summed E-state index contributed by atoms with van der Waals surface area (Å²) in [5.41, 5.74) is 0.897. The topological polar surface area (TPSA) is 86.1 Å². The van der Waals surface area contributed by atoms with Crippen molar-refractivity contribution in [2.75, 3.05) is 6.61 Å². The summed E-state index contributed by atoms with van der Waals surface area (Å²) in [5.74, 6) is -0.464. The number of allylic oxidation sites excluding steroid dienone is 2. The molecule has 0 fully saturated rings. The fourth-order valence-electron chi connectivity index (χ4n) is 2.69. The minimum atomic E-state index is -0.565. The summed E-state index contributed by atoms with van der Waals surface area (Å²) in [5, 5.41) is 10.6. The van der Waals surface area contributed by atoms with E-state index in [2.05, 4.69) is 15.6 Å². The Morgan fingerprint density at radius 1 is 1.16 bits per heavy atom. The predicted molar refractivity (Wildman–Crippen MR) is 90.3 cm³/mol. The molecule has 2 atom stereocenters. The highest BCUT2D eigenvalue weighted by Gasteiger charge is 2.24. The second kappa shape index (κ2) is 8.23. The van der Waals surface area contributed by atoms with Crippen molar-refractivity contribution in [3.63, 3.8) is 0 Å². The van der Waals surface area contributed by atoms with E-state index in [1.54, 1.807) is 6.20 Å². The first-order chi connectivity index (χ1) is 12.2. The average molecular weight is 340 g/mol. The summed E-state index contributed by atoms with van der Waals surface area (Å²) in [7, 11) is 0. The molecule has 1 aliphatic rings. The molecule has 1 amide bonds. The molecule has 0 saturated heterocycles. The van der Waals surface area contributed by atoms with Gasteiger partial charge in [0.1, 0.15) is 6.61 Å². The van der Waals surface area contributed by atoms with Gasteiger partial charge in [-0.1, -0.05) is 47.7 Å². The van der Waals surface area contributed by atoms with E-state index in [0.29, 0.717) is 19.3 Å². The zero-order valence-electron chi connectivity index (χ0n) is 13.7. The van der Waals surface area contributed by atoms with E-state index in [4.69, 9.17) is 4.74 Å². The van der Waals surface area contributed by atoms with Crippen LogP contribution in [0.4, 0.5) is 0 Å². The molecule has 2 heterocycles. The number of benzene rings is 1. The lowest BCUT2D eigenvalue weighted by molar-refractivity contribution is -0.149. The first-order valence-electron chi connectivity index (χ1n) is 8.26. The zero-order valence-corrected chi connectivity index (χ0v) is 13.7. The van der Waals surface area contributed by atoms with Crippen LogP contribution < -0.4 is 5.32 Å². The molecule has 2 aromatic rings. The van der Waals surface area contributed by atoms with Crippen LogP contribution in [0.15, 0.2) is 54.9 Å². The van der Waals surface area contributed by atoms with Gasteiger partial charge >= 0.3 is 5.97 Å². The molecule has 0 radical (unpaired) electrons. The predicted octanol–water partition coefficient (Wildman–Crippen LogP) is 1.96. The van der Waals surface area contributed by atoms with E-state index in [0.717, 1.165) is 5.56 Å². The Morgan fingerprint density at radius 2 is 2.00 bits per heavy atom. The average Bonchev–Trinajstić information content (AvgIpc) is 3.15. The summed E-state index contributed by atoms with van der Waals surface area (Å²) in [4.78, 5) is 24.6. The van der Waals surface area contributed by atoms with Crippen LogP contribution in [0.1, 0.15) is 36.9 Å². The summed E-state index contributed by atoms with van der Waals surface area (Å²) in [6.45, 7) is 0.0729. The number of aromatic nitrogens is 3. The van der Waals surface area contributed by atoms with Crippen molar-refractivity contribution in [3.8, 4) is 0 Å². The third kappa shape index (κ3) is 4.53. The maximum absolute atomic E-state index is 12.5.